The maximum Gasteiger partial charge on any atom is 0.123 e. The van der Waals surface area contributed by atoms with Crippen LogP contribution in [0.1, 0.15) is 26.7 Å². The van der Waals surface area contributed by atoms with Gasteiger partial charge in [0.25, 0.3) is 0 Å². The SMILES string of the molecule is CCCC(C)(CO)OO. The zero-order chi connectivity index (χ0) is 7.33. The highest BCUT2D eigenvalue weighted by Gasteiger charge is 2.22. The summed E-state index contributed by atoms with van der Waals surface area (Å²) in [4.78, 5) is 4.08. The Labute approximate surface area is 55.2 Å². The van der Waals surface area contributed by atoms with Crippen molar-refractivity contribution in [1.29, 1.82) is 0 Å². The van der Waals surface area contributed by atoms with Gasteiger partial charge in [0.2, 0.25) is 0 Å². The molecule has 0 heterocycles. The van der Waals surface area contributed by atoms with Crippen molar-refractivity contribution in [1.82, 2.24) is 0 Å². The lowest BCUT2D eigenvalue weighted by Gasteiger charge is -2.21. The predicted octanol–water partition coefficient (Wildman–Crippen LogP) is 1.03. The third kappa shape index (κ3) is 2.79. The molecule has 0 bridgehead atoms. The van der Waals surface area contributed by atoms with Gasteiger partial charge in [0, 0.05) is 0 Å². The van der Waals surface area contributed by atoms with E-state index in [0.717, 1.165) is 6.42 Å². The van der Waals surface area contributed by atoms with E-state index in [-0.39, 0.29) is 6.61 Å². The number of aliphatic hydroxyl groups is 1. The van der Waals surface area contributed by atoms with Crippen molar-refractivity contribution >= 4 is 0 Å². The highest BCUT2D eigenvalue weighted by Crippen LogP contribution is 2.14. The fourth-order valence-corrected chi connectivity index (χ4v) is 0.682. The Balaban J connectivity index is 3.62. The quantitative estimate of drug-likeness (QED) is 0.446. The van der Waals surface area contributed by atoms with E-state index < -0.39 is 5.60 Å². The molecule has 0 aromatic carbocycles. The van der Waals surface area contributed by atoms with E-state index in [2.05, 4.69) is 4.89 Å². The van der Waals surface area contributed by atoms with E-state index in [0.29, 0.717) is 6.42 Å². The van der Waals surface area contributed by atoms with Crippen LogP contribution in [0.4, 0.5) is 0 Å². The molecule has 0 aromatic rings. The first-order valence-corrected chi connectivity index (χ1v) is 3.12. The van der Waals surface area contributed by atoms with Gasteiger partial charge in [-0.3, -0.25) is 5.26 Å². The second kappa shape index (κ2) is 3.82. The van der Waals surface area contributed by atoms with Crippen LogP contribution in [0.25, 0.3) is 0 Å². The molecule has 3 nitrogen and oxygen atoms in total. The molecule has 0 saturated heterocycles. The Morgan fingerprint density at radius 1 is 1.56 bits per heavy atom. The first-order valence-electron chi connectivity index (χ1n) is 3.12. The zero-order valence-corrected chi connectivity index (χ0v) is 5.92. The van der Waals surface area contributed by atoms with Crippen molar-refractivity contribution in [2.75, 3.05) is 6.61 Å². The lowest BCUT2D eigenvalue weighted by atomic mass is 10.0. The van der Waals surface area contributed by atoms with Gasteiger partial charge in [-0.2, -0.15) is 0 Å². The molecular formula is C6H14O3. The van der Waals surface area contributed by atoms with Crippen LogP contribution >= 0.6 is 0 Å². The first-order chi connectivity index (χ1) is 4.18. The summed E-state index contributed by atoms with van der Waals surface area (Å²) in [5.74, 6) is 0. The zero-order valence-electron chi connectivity index (χ0n) is 5.92. The molecule has 2 N–H and O–H groups in total. The summed E-state index contributed by atoms with van der Waals surface area (Å²) >= 11 is 0. The van der Waals surface area contributed by atoms with Crippen molar-refractivity contribution < 1.29 is 15.3 Å². The number of hydrogen-bond acceptors (Lipinski definition) is 3. The van der Waals surface area contributed by atoms with Crippen molar-refractivity contribution in [3.8, 4) is 0 Å². The fraction of sp³-hybridized carbons (Fsp3) is 1.00. The molecule has 0 rings (SSSR count). The molecule has 9 heavy (non-hydrogen) atoms. The largest absolute Gasteiger partial charge is 0.393 e. The van der Waals surface area contributed by atoms with Crippen LogP contribution in [0.5, 0.6) is 0 Å². The van der Waals surface area contributed by atoms with Crippen LogP contribution in [0, 0.1) is 0 Å². The summed E-state index contributed by atoms with van der Waals surface area (Å²) in [6, 6.07) is 0. The van der Waals surface area contributed by atoms with Crippen LogP contribution in [0.15, 0.2) is 0 Å². The third-order valence-electron chi connectivity index (χ3n) is 1.33. The summed E-state index contributed by atoms with van der Waals surface area (Å²) in [6.45, 7) is 3.49. The number of aliphatic hydroxyl groups excluding tert-OH is 1. The van der Waals surface area contributed by atoms with Crippen LogP contribution in [0.3, 0.4) is 0 Å². The van der Waals surface area contributed by atoms with E-state index >= 15 is 0 Å². The lowest BCUT2D eigenvalue weighted by Crippen LogP contribution is -2.31. The second-order valence-corrected chi connectivity index (χ2v) is 2.45. The Bertz CT molecular complexity index is 68.7. The summed E-state index contributed by atoms with van der Waals surface area (Å²) in [6.07, 6.45) is 1.55. The van der Waals surface area contributed by atoms with Gasteiger partial charge in [-0.05, 0) is 13.3 Å². The topological polar surface area (TPSA) is 49.7 Å². The number of rotatable bonds is 4. The van der Waals surface area contributed by atoms with E-state index in [9.17, 15) is 0 Å². The minimum absolute atomic E-state index is 0.142. The maximum atomic E-state index is 8.63. The smallest absolute Gasteiger partial charge is 0.123 e. The van der Waals surface area contributed by atoms with Gasteiger partial charge in [0.05, 0.1) is 6.61 Å². The lowest BCUT2D eigenvalue weighted by molar-refractivity contribution is -0.327. The van der Waals surface area contributed by atoms with E-state index in [4.69, 9.17) is 10.4 Å². The van der Waals surface area contributed by atoms with Crippen LogP contribution in [-0.4, -0.2) is 22.6 Å². The van der Waals surface area contributed by atoms with Crippen molar-refractivity contribution in [2.45, 2.75) is 32.3 Å². The second-order valence-electron chi connectivity index (χ2n) is 2.45. The Morgan fingerprint density at radius 3 is 2.22 bits per heavy atom. The first kappa shape index (κ1) is 8.88. The fourth-order valence-electron chi connectivity index (χ4n) is 0.682. The molecule has 0 aliphatic carbocycles. The van der Waals surface area contributed by atoms with Crippen LogP contribution < -0.4 is 0 Å². The Morgan fingerprint density at radius 2 is 2.11 bits per heavy atom. The van der Waals surface area contributed by atoms with Gasteiger partial charge in [0.15, 0.2) is 0 Å². The molecule has 56 valence electrons. The molecule has 0 fully saturated rings. The third-order valence-corrected chi connectivity index (χ3v) is 1.33. The minimum atomic E-state index is -0.755. The molecule has 0 saturated carbocycles. The van der Waals surface area contributed by atoms with E-state index in [1.807, 2.05) is 6.92 Å². The molecule has 0 aliphatic rings. The van der Waals surface area contributed by atoms with Gasteiger partial charge in [-0.25, -0.2) is 4.89 Å². The van der Waals surface area contributed by atoms with Crippen molar-refractivity contribution in [3.63, 3.8) is 0 Å². The molecule has 1 unspecified atom stereocenters. The van der Waals surface area contributed by atoms with Gasteiger partial charge in [-0.1, -0.05) is 13.3 Å². The van der Waals surface area contributed by atoms with Crippen LogP contribution in [-0.2, 0) is 4.89 Å². The molecule has 0 aromatic heterocycles. The van der Waals surface area contributed by atoms with Crippen molar-refractivity contribution in [2.24, 2.45) is 0 Å². The Hall–Kier alpha value is -0.120. The van der Waals surface area contributed by atoms with Crippen molar-refractivity contribution in [3.05, 3.63) is 0 Å². The monoisotopic (exact) mass is 134 g/mol. The molecule has 0 aliphatic heterocycles. The highest BCUT2D eigenvalue weighted by atomic mass is 17.1. The van der Waals surface area contributed by atoms with E-state index in [1.165, 1.54) is 0 Å². The van der Waals surface area contributed by atoms with Gasteiger partial charge in [-0.15, -0.1) is 0 Å². The standard InChI is InChI=1S/C6H14O3/c1-3-4-6(2,5-7)9-8/h7-8H,3-5H2,1-2H3. The molecular weight excluding hydrogens is 120 g/mol. The van der Waals surface area contributed by atoms with Crippen LogP contribution in [0.2, 0.25) is 0 Å². The normalized spacial score (nSPS) is 17.3. The summed E-state index contributed by atoms with van der Waals surface area (Å²) in [5.41, 5.74) is -0.755. The van der Waals surface area contributed by atoms with E-state index in [1.54, 1.807) is 6.92 Å². The molecule has 0 spiro atoms. The minimum Gasteiger partial charge on any atom is -0.393 e. The van der Waals surface area contributed by atoms with Gasteiger partial charge < -0.3 is 5.11 Å². The molecule has 0 radical (unpaired) electrons. The average Bonchev–Trinajstić information content (AvgIpc) is 1.89. The number of hydrogen-bond donors (Lipinski definition) is 2. The van der Waals surface area contributed by atoms with Gasteiger partial charge >= 0.3 is 0 Å². The van der Waals surface area contributed by atoms with Gasteiger partial charge in [0.1, 0.15) is 5.60 Å². The predicted molar refractivity (Wildman–Crippen MR) is 34.1 cm³/mol. The average molecular weight is 134 g/mol. The maximum absolute atomic E-state index is 8.63. The summed E-state index contributed by atoms with van der Waals surface area (Å²) < 4.78 is 0. The summed E-state index contributed by atoms with van der Waals surface area (Å²) in [7, 11) is 0. The highest BCUT2D eigenvalue weighted by molar-refractivity contribution is 4.70. The molecule has 0 amide bonds. The summed E-state index contributed by atoms with van der Waals surface area (Å²) in [5, 5.41) is 16.9. The molecule has 1 atom stereocenters. The Kier molecular flexibility index (Phi) is 3.77. The molecule has 3 heteroatoms.